The second kappa shape index (κ2) is 4.99. The number of carboxylic acid groups (broad SMARTS) is 1. The summed E-state index contributed by atoms with van der Waals surface area (Å²) in [5, 5.41) is 11.9. The van der Waals surface area contributed by atoms with Gasteiger partial charge in [-0.25, -0.2) is 0 Å². The molecule has 1 N–H and O–H groups in total. The molecule has 0 aliphatic heterocycles. The largest absolute Gasteiger partial charge is 0.480 e. The fraction of sp³-hybridized carbons (Fsp3) is 0.625. The molecule has 0 amide bonds. The van der Waals surface area contributed by atoms with Gasteiger partial charge in [-0.05, 0) is 5.92 Å². The summed E-state index contributed by atoms with van der Waals surface area (Å²) in [6, 6.07) is 0. The highest BCUT2D eigenvalue weighted by molar-refractivity contribution is 7.99. The van der Waals surface area contributed by atoms with E-state index in [9.17, 15) is 4.79 Å². The van der Waals surface area contributed by atoms with E-state index >= 15 is 0 Å². The predicted molar refractivity (Wildman–Crippen MR) is 51.9 cm³/mol. The van der Waals surface area contributed by atoms with Crippen molar-refractivity contribution in [3.63, 3.8) is 0 Å². The Balaban J connectivity index is 2.45. The number of hydrogen-bond donors (Lipinski definition) is 1. The Morgan fingerprint density at radius 1 is 1.71 bits per heavy atom. The van der Waals surface area contributed by atoms with Crippen molar-refractivity contribution in [3.8, 4) is 0 Å². The molecule has 14 heavy (non-hydrogen) atoms. The molecule has 1 rings (SSSR count). The van der Waals surface area contributed by atoms with Crippen LogP contribution in [0.4, 0.5) is 0 Å². The van der Waals surface area contributed by atoms with E-state index in [0.717, 1.165) is 0 Å². The molecule has 1 aromatic heterocycles. The van der Waals surface area contributed by atoms with E-state index in [1.165, 1.54) is 18.1 Å². The van der Waals surface area contributed by atoms with Crippen molar-refractivity contribution in [2.24, 2.45) is 5.92 Å². The van der Waals surface area contributed by atoms with Crippen LogP contribution in [0.1, 0.15) is 19.7 Å². The minimum Gasteiger partial charge on any atom is -0.480 e. The van der Waals surface area contributed by atoms with Crippen molar-refractivity contribution in [2.45, 2.75) is 24.9 Å². The molecule has 6 heteroatoms. The van der Waals surface area contributed by atoms with Gasteiger partial charge in [0.1, 0.15) is 5.25 Å². The third-order valence-electron chi connectivity index (χ3n) is 1.64. The topological polar surface area (TPSA) is 76.2 Å². The van der Waals surface area contributed by atoms with Gasteiger partial charge in [-0.1, -0.05) is 19.0 Å². The lowest BCUT2D eigenvalue weighted by atomic mass is 10.1. The van der Waals surface area contributed by atoms with E-state index < -0.39 is 11.2 Å². The van der Waals surface area contributed by atoms with Gasteiger partial charge in [0.15, 0.2) is 6.33 Å². The summed E-state index contributed by atoms with van der Waals surface area (Å²) in [6.07, 6.45) is 1.31. The zero-order valence-electron chi connectivity index (χ0n) is 8.01. The molecule has 5 nitrogen and oxygen atoms in total. The van der Waals surface area contributed by atoms with Gasteiger partial charge in [0.2, 0.25) is 5.89 Å². The van der Waals surface area contributed by atoms with Crippen molar-refractivity contribution < 1.29 is 14.4 Å². The Hall–Kier alpha value is -1.04. The molecule has 0 saturated heterocycles. The highest BCUT2D eigenvalue weighted by Crippen LogP contribution is 2.22. The second-order valence-corrected chi connectivity index (χ2v) is 4.28. The molecule has 0 fully saturated rings. The SMILES string of the molecule is CC(C)C(SCc1ncno1)C(=O)O. The average molecular weight is 216 g/mol. The number of nitrogens with zero attached hydrogens (tertiary/aromatic N) is 2. The smallest absolute Gasteiger partial charge is 0.316 e. The number of carbonyl (C=O) groups is 1. The summed E-state index contributed by atoms with van der Waals surface area (Å²) in [7, 11) is 0. The summed E-state index contributed by atoms with van der Waals surface area (Å²) >= 11 is 1.30. The van der Waals surface area contributed by atoms with Gasteiger partial charge < -0.3 is 9.63 Å². The number of aromatic nitrogens is 2. The maximum Gasteiger partial charge on any atom is 0.316 e. The van der Waals surface area contributed by atoms with Crippen LogP contribution >= 0.6 is 11.8 Å². The zero-order valence-corrected chi connectivity index (χ0v) is 8.82. The lowest BCUT2D eigenvalue weighted by molar-refractivity contribution is -0.137. The summed E-state index contributed by atoms with van der Waals surface area (Å²) < 4.78 is 4.77. The van der Waals surface area contributed by atoms with Gasteiger partial charge in [0.05, 0.1) is 5.75 Å². The lowest BCUT2D eigenvalue weighted by Crippen LogP contribution is -2.22. The molecular weight excluding hydrogens is 204 g/mol. The lowest BCUT2D eigenvalue weighted by Gasteiger charge is -2.13. The van der Waals surface area contributed by atoms with E-state index in [2.05, 4.69) is 10.1 Å². The summed E-state index contributed by atoms with van der Waals surface area (Å²) in [5.41, 5.74) is 0. The molecule has 0 spiro atoms. The first-order valence-corrected chi connectivity index (χ1v) is 5.26. The molecule has 1 heterocycles. The minimum absolute atomic E-state index is 0.0837. The maximum absolute atomic E-state index is 10.8. The first kappa shape index (κ1) is 11.0. The monoisotopic (exact) mass is 216 g/mol. The standard InChI is InChI=1S/C8H12N2O3S/c1-5(2)7(8(11)12)14-3-6-9-4-10-13-6/h4-5,7H,3H2,1-2H3,(H,11,12). The quantitative estimate of drug-likeness (QED) is 0.802. The van der Waals surface area contributed by atoms with Crippen LogP contribution < -0.4 is 0 Å². The van der Waals surface area contributed by atoms with E-state index in [1.807, 2.05) is 13.8 Å². The number of aliphatic carboxylic acids is 1. The molecule has 0 aliphatic carbocycles. The zero-order chi connectivity index (χ0) is 10.6. The molecule has 1 atom stereocenters. The number of carboxylic acids is 1. The Bertz CT molecular complexity index is 287. The van der Waals surface area contributed by atoms with Crippen molar-refractivity contribution >= 4 is 17.7 Å². The number of hydrogen-bond acceptors (Lipinski definition) is 5. The van der Waals surface area contributed by atoms with Gasteiger partial charge in [-0.15, -0.1) is 11.8 Å². The van der Waals surface area contributed by atoms with Gasteiger partial charge in [0.25, 0.3) is 0 Å². The molecule has 0 aromatic carbocycles. The first-order valence-electron chi connectivity index (χ1n) is 4.21. The minimum atomic E-state index is -0.801. The van der Waals surface area contributed by atoms with Gasteiger partial charge in [-0.3, -0.25) is 4.79 Å². The Morgan fingerprint density at radius 3 is 2.86 bits per heavy atom. The van der Waals surface area contributed by atoms with Crippen LogP contribution in [0.2, 0.25) is 0 Å². The van der Waals surface area contributed by atoms with Crippen LogP contribution in [0, 0.1) is 5.92 Å². The highest BCUT2D eigenvalue weighted by atomic mass is 32.2. The summed E-state index contributed by atoms with van der Waals surface area (Å²) in [5.74, 6) is 0.182. The van der Waals surface area contributed by atoms with Gasteiger partial charge in [0, 0.05) is 0 Å². The van der Waals surface area contributed by atoms with Crippen molar-refractivity contribution in [3.05, 3.63) is 12.2 Å². The van der Waals surface area contributed by atoms with Crippen LogP contribution in [0.3, 0.4) is 0 Å². The normalized spacial score (nSPS) is 13.1. The van der Waals surface area contributed by atoms with Gasteiger partial charge in [-0.2, -0.15) is 4.98 Å². The highest BCUT2D eigenvalue weighted by Gasteiger charge is 2.22. The molecule has 1 unspecified atom stereocenters. The molecule has 0 aliphatic rings. The predicted octanol–water partition coefficient (Wildman–Crippen LogP) is 1.41. The molecule has 0 radical (unpaired) electrons. The van der Waals surface area contributed by atoms with Crippen molar-refractivity contribution in [2.75, 3.05) is 0 Å². The van der Waals surface area contributed by atoms with E-state index in [-0.39, 0.29) is 5.92 Å². The average Bonchev–Trinajstić information content (AvgIpc) is 2.55. The number of rotatable bonds is 5. The molecule has 0 saturated carbocycles. The fourth-order valence-electron chi connectivity index (χ4n) is 0.970. The summed E-state index contributed by atoms with van der Waals surface area (Å²) in [4.78, 5) is 14.6. The van der Waals surface area contributed by atoms with E-state index in [1.54, 1.807) is 0 Å². The van der Waals surface area contributed by atoms with Crippen LogP contribution in [0.25, 0.3) is 0 Å². The third-order valence-corrected chi connectivity index (χ3v) is 3.16. The Labute approximate surface area is 85.9 Å². The van der Waals surface area contributed by atoms with Crippen LogP contribution in [-0.2, 0) is 10.5 Å². The maximum atomic E-state index is 10.8. The van der Waals surface area contributed by atoms with E-state index in [4.69, 9.17) is 9.63 Å². The first-order chi connectivity index (χ1) is 6.61. The number of thioether (sulfide) groups is 1. The Morgan fingerprint density at radius 2 is 2.43 bits per heavy atom. The van der Waals surface area contributed by atoms with Crippen molar-refractivity contribution in [1.29, 1.82) is 0 Å². The van der Waals surface area contributed by atoms with E-state index in [0.29, 0.717) is 11.6 Å². The molecule has 78 valence electrons. The van der Waals surface area contributed by atoms with Crippen molar-refractivity contribution in [1.82, 2.24) is 10.1 Å². The third kappa shape index (κ3) is 3.02. The Kier molecular flexibility index (Phi) is 3.94. The fourth-order valence-corrected chi connectivity index (χ4v) is 1.95. The summed E-state index contributed by atoms with van der Waals surface area (Å²) in [6.45, 7) is 3.75. The van der Waals surface area contributed by atoms with Crippen LogP contribution in [0.15, 0.2) is 10.9 Å². The van der Waals surface area contributed by atoms with Crippen LogP contribution in [0.5, 0.6) is 0 Å². The molecule has 0 bridgehead atoms. The van der Waals surface area contributed by atoms with Gasteiger partial charge >= 0.3 is 5.97 Å². The molecule has 1 aromatic rings. The van der Waals surface area contributed by atoms with Crippen LogP contribution in [-0.4, -0.2) is 26.5 Å². The molecular formula is C8H12N2O3S. The second-order valence-electron chi connectivity index (χ2n) is 3.15.